The highest BCUT2D eigenvalue weighted by Gasteiger charge is 2.34. The minimum atomic E-state index is -0.680. The maximum atomic E-state index is 11.3. The zero-order chi connectivity index (χ0) is 11.5. The molecule has 1 aliphatic heterocycles. The minimum Gasteiger partial charge on any atom is -0.481 e. The molecule has 2 rings (SSSR count). The Hall–Kier alpha value is -1.35. The van der Waals surface area contributed by atoms with Gasteiger partial charge in [0.2, 0.25) is 0 Å². The maximum Gasteiger partial charge on any atom is 0.308 e. The molecule has 0 amide bonds. The molecule has 1 N–H and O–H groups in total. The van der Waals surface area contributed by atoms with Crippen molar-refractivity contribution in [2.75, 3.05) is 13.6 Å². The van der Waals surface area contributed by atoms with Crippen molar-refractivity contribution < 1.29 is 9.90 Å². The summed E-state index contributed by atoms with van der Waals surface area (Å²) in [6.07, 6.45) is 1.75. The quantitative estimate of drug-likeness (QED) is 0.828. The van der Waals surface area contributed by atoms with Crippen LogP contribution in [-0.2, 0) is 4.79 Å². The summed E-state index contributed by atoms with van der Waals surface area (Å²) in [5, 5.41) is 9.26. The van der Waals surface area contributed by atoms with Crippen LogP contribution in [0.3, 0.4) is 0 Å². The van der Waals surface area contributed by atoms with Crippen LogP contribution in [0.1, 0.15) is 24.4 Å². The fourth-order valence-corrected chi connectivity index (χ4v) is 2.56. The van der Waals surface area contributed by atoms with Gasteiger partial charge in [-0.05, 0) is 32.0 Å². The highest BCUT2D eigenvalue weighted by molar-refractivity contribution is 5.71. The third-order valence-corrected chi connectivity index (χ3v) is 3.34. The zero-order valence-electron chi connectivity index (χ0n) is 9.47. The van der Waals surface area contributed by atoms with Gasteiger partial charge in [-0.2, -0.15) is 0 Å². The summed E-state index contributed by atoms with van der Waals surface area (Å²) in [5.41, 5.74) is 1.11. The SMILES string of the molecule is CN1CCCC(C(=O)O)C1c1ccccc1. The molecule has 2 unspecified atom stereocenters. The minimum absolute atomic E-state index is 0.0208. The molecule has 3 heteroatoms. The van der Waals surface area contributed by atoms with Crippen molar-refractivity contribution in [3.05, 3.63) is 35.9 Å². The molecule has 0 aliphatic carbocycles. The van der Waals surface area contributed by atoms with E-state index in [2.05, 4.69) is 4.90 Å². The maximum absolute atomic E-state index is 11.3. The molecule has 0 bridgehead atoms. The summed E-state index contributed by atoms with van der Waals surface area (Å²) in [4.78, 5) is 13.4. The van der Waals surface area contributed by atoms with Gasteiger partial charge in [0.1, 0.15) is 0 Å². The molecule has 86 valence electrons. The van der Waals surface area contributed by atoms with Crippen LogP contribution in [0.5, 0.6) is 0 Å². The number of rotatable bonds is 2. The van der Waals surface area contributed by atoms with Crippen molar-refractivity contribution in [2.24, 2.45) is 5.92 Å². The lowest BCUT2D eigenvalue weighted by atomic mass is 9.85. The summed E-state index contributed by atoms with van der Waals surface area (Å²) < 4.78 is 0. The lowest BCUT2D eigenvalue weighted by Crippen LogP contribution is -2.39. The summed E-state index contributed by atoms with van der Waals surface area (Å²) in [7, 11) is 2.01. The Morgan fingerprint density at radius 1 is 1.38 bits per heavy atom. The zero-order valence-corrected chi connectivity index (χ0v) is 9.47. The molecular weight excluding hydrogens is 202 g/mol. The van der Waals surface area contributed by atoms with Crippen molar-refractivity contribution in [1.29, 1.82) is 0 Å². The van der Waals surface area contributed by atoms with Crippen LogP contribution in [0.2, 0.25) is 0 Å². The Labute approximate surface area is 95.7 Å². The number of nitrogens with zero attached hydrogens (tertiary/aromatic N) is 1. The van der Waals surface area contributed by atoms with Crippen LogP contribution >= 0.6 is 0 Å². The highest BCUT2D eigenvalue weighted by atomic mass is 16.4. The van der Waals surface area contributed by atoms with Crippen LogP contribution in [-0.4, -0.2) is 29.6 Å². The number of carboxylic acid groups (broad SMARTS) is 1. The highest BCUT2D eigenvalue weighted by Crippen LogP contribution is 2.34. The molecule has 0 saturated carbocycles. The van der Waals surface area contributed by atoms with Gasteiger partial charge < -0.3 is 5.11 Å². The van der Waals surface area contributed by atoms with E-state index in [0.717, 1.165) is 24.9 Å². The van der Waals surface area contributed by atoms with E-state index < -0.39 is 5.97 Å². The first-order valence-electron chi connectivity index (χ1n) is 5.68. The number of hydrogen-bond acceptors (Lipinski definition) is 2. The topological polar surface area (TPSA) is 40.5 Å². The average Bonchev–Trinajstić information content (AvgIpc) is 2.29. The van der Waals surface area contributed by atoms with E-state index in [1.165, 1.54) is 0 Å². The molecule has 0 aromatic heterocycles. The Balaban J connectivity index is 2.30. The Morgan fingerprint density at radius 3 is 2.69 bits per heavy atom. The van der Waals surface area contributed by atoms with Crippen molar-refractivity contribution in [2.45, 2.75) is 18.9 Å². The van der Waals surface area contributed by atoms with Gasteiger partial charge in [-0.1, -0.05) is 30.3 Å². The Morgan fingerprint density at radius 2 is 2.06 bits per heavy atom. The molecule has 1 aliphatic rings. The average molecular weight is 219 g/mol. The van der Waals surface area contributed by atoms with E-state index in [1.807, 2.05) is 37.4 Å². The first-order chi connectivity index (χ1) is 7.70. The standard InChI is InChI=1S/C13H17NO2/c1-14-9-5-8-11(13(15)16)12(14)10-6-3-2-4-7-10/h2-4,6-7,11-12H,5,8-9H2,1H3,(H,15,16). The molecule has 0 spiro atoms. The second-order valence-corrected chi connectivity index (χ2v) is 4.42. The van der Waals surface area contributed by atoms with Gasteiger partial charge in [0.05, 0.1) is 5.92 Å². The van der Waals surface area contributed by atoms with Gasteiger partial charge in [-0.25, -0.2) is 0 Å². The number of aliphatic carboxylic acids is 1. The van der Waals surface area contributed by atoms with E-state index in [9.17, 15) is 9.90 Å². The van der Waals surface area contributed by atoms with Crippen molar-refractivity contribution in [3.63, 3.8) is 0 Å². The summed E-state index contributed by atoms with van der Waals surface area (Å²) in [6, 6.07) is 9.95. The predicted molar refractivity (Wildman–Crippen MR) is 62.2 cm³/mol. The second kappa shape index (κ2) is 4.66. The van der Waals surface area contributed by atoms with Gasteiger partial charge in [0.25, 0.3) is 0 Å². The molecule has 2 atom stereocenters. The molecule has 1 fully saturated rings. The molecular formula is C13H17NO2. The largest absolute Gasteiger partial charge is 0.481 e. The number of hydrogen-bond donors (Lipinski definition) is 1. The molecule has 3 nitrogen and oxygen atoms in total. The van der Waals surface area contributed by atoms with Crippen LogP contribution in [0.4, 0.5) is 0 Å². The van der Waals surface area contributed by atoms with Crippen molar-refractivity contribution in [1.82, 2.24) is 4.90 Å². The third-order valence-electron chi connectivity index (χ3n) is 3.34. The molecule has 1 aromatic rings. The van der Waals surface area contributed by atoms with Gasteiger partial charge in [0, 0.05) is 6.04 Å². The van der Waals surface area contributed by atoms with Gasteiger partial charge in [0.15, 0.2) is 0 Å². The molecule has 16 heavy (non-hydrogen) atoms. The lowest BCUT2D eigenvalue weighted by Gasteiger charge is -2.37. The van der Waals surface area contributed by atoms with E-state index >= 15 is 0 Å². The van der Waals surface area contributed by atoms with Gasteiger partial charge in [-0.15, -0.1) is 0 Å². The van der Waals surface area contributed by atoms with E-state index in [1.54, 1.807) is 0 Å². The second-order valence-electron chi connectivity index (χ2n) is 4.42. The smallest absolute Gasteiger partial charge is 0.308 e. The van der Waals surface area contributed by atoms with Crippen LogP contribution in [0, 0.1) is 5.92 Å². The van der Waals surface area contributed by atoms with Crippen LogP contribution < -0.4 is 0 Å². The fourth-order valence-electron chi connectivity index (χ4n) is 2.56. The van der Waals surface area contributed by atoms with E-state index in [4.69, 9.17) is 0 Å². The van der Waals surface area contributed by atoms with E-state index in [-0.39, 0.29) is 12.0 Å². The normalized spacial score (nSPS) is 26.6. The summed E-state index contributed by atoms with van der Waals surface area (Å²) in [6.45, 7) is 0.976. The number of likely N-dealkylation sites (tertiary alicyclic amines) is 1. The Kier molecular flexibility index (Phi) is 3.25. The predicted octanol–water partition coefficient (Wildman–Crippen LogP) is 2.15. The van der Waals surface area contributed by atoms with Crippen LogP contribution in [0.25, 0.3) is 0 Å². The number of carboxylic acids is 1. The van der Waals surface area contributed by atoms with Crippen molar-refractivity contribution >= 4 is 5.97 Å². The number of piperidine rings is 1. The molecule has 1 saturated heterocycles. The summed E-state index contributed by atoms with van der Waals surface area (Å²) in [5.74, 6) is -0.957. The molecule has 1 heterocycles. The number of benzene rings is 1. The third kappa shape index (κ3) is 2.09. The van der Waals surface area contributed by atoms with Crippen LogP contribution in [0.15, 0.2) is 30.3 Å². The fraction of sp³-hybridized carbons (Fsp3) is 0.462. The van der Waals surface area contributed by atoms with E-state index in [0.29, 0.717) is 0 Å². The molecule has 0 radical (unpaired) electrons. The first-order valence-corrected chi connectivity index (χ1v) is 5.68. The first kappa shape index (κ1) is 11.1. The number of carbonyl (C=O) groups is 1. The Bertz CT molecular complexity index is 363. The van der Waals surface area contributed by atoms with Gasteiger partial charge >= 0.3 is 5.97 Å². The molecule has 1 aromatic carbocycles. The monoisotopic (exact) mass is 219 g/mol. The lowest BCUT2D eigenvalue weighted by molar-refractivity contribution is -0.145. The summed E-state index contributed by atoms with van der Waals surface area (Å²) >= 11 is 0. The van der Waals surface area contributed by atoms with Crippen molar-refractivity contribution in [3.8, 4) is 0 Å². The van der Waals surface area contributed by atoms with Gasteiger partial charge in [-0.3, -0.25) is 9.69 Å².